The molecule has 4 nitrogen and oxygen atoms in total. The molecule has 0 spiro atoms. The van der Waals surface area contributed by atoms with Gasteiger partial charge in [-0.05, 0) is 0 Å². The second-order valence-electron chi connectivity index (χ2n) is 2.13. The normalized spacial score (nSPS) is 9.64. The van der Waals surface area contributed by atoms with Crippen LogP contribution in [0.25, 0.3) is 0 Å². The molecule has 0 bridgehead atoms. The van der Waals surface area contributed by atoms with E-state index in [1.165, 1.54) is 0 Å². The fourth-order valence-corrected chi connectivity index (χ4v) is 0.761. The number of aromatic nitrogens is 1. The zero-order valence-corrected chi connectivity index (χ0v) is 6.37. The summed E-state index contributed by atoms with van der Waals surface area (Å²) in [6, 6.07) is 1.65. The Morgan fingerprint density at radius 2 is 2.36 bits per heavy atom. The molecule has 0 aromatic carbocycles. The van der Waals surface area contributed by atoms with E-state index < -0.39 is 0 Å². The molecular weight excluding hydrogens is 142 g/mol. The number of nitrogens with two attached hydrogens (primary N) is 2. The topological polar surface area (TPSA) is 74.2 Å². The molecule has 0 atom stereocenters. The molecule has 1 rings (SSSR count). The van der Waals surface area contributed by atoms with Gasteiger partial charge in [-0.1, -0.05) is 0 Å². The lowest BCUT2D eigenvalue weighted by Gasteiger charge is -2.03. The Kier molecular flexibility index (Phi) is 2.28. The van der Waals surface area contributed by atoms with Crippen molar-refractivity contribution in [1.82, 2.24) is 4.98 Å². The molecule has 1 aromatic heterocycles. The van der Waals surface area contributed by atoms with Gasteiger partial charge in [0.15, 0.2) is 0 Å². The Bertz CT molecular complexity index is 249. The molecule has 11 heavy (non-hydrogen) atoms. The fraction of sp³-hybridized carbons (Fsp3) is 0.286. The van der Waals surface area contributed by atoms with Crippen LogP contribution < -0.4 is 16.2 Å². The van der Waals surface area contributed by atoms with Crippen LogP contribution in [0.4, 0.5) is 5.69 Å². The summed E-state index contributed by atoms with van der Waals surface area (Å²) in [5.74, 6) is 0.514. The van der Waals surface area contributed by atoms with Crippen molar-refractivity contribution in [2.75, 3.05) is 12.8 Å². The van der Waals surface area contributed by atoms with Crippen LogP contribution in [-0.4, -0.2) is 12.1 Å². The van der Waals surface area contributed by atoms with Gasteiger partial charge in [0.1, 0.15) is 0 Å². The standard InChI is InChI=1S/C7H11N3O/c1-11-7-2-6(9)5(3-8)4-10-7/h2,4H,3,8H2,1H3,(H2,9,10). The molecule has 1 heterocycles. The van der Waals surface area contributed by atoms with E-state index in [0.717, 1.165) is 5.56 Å². The molecule has 0 aliphatic heterocycles. The van der Waals surface area contributed by atoms with Crippen molar-refractivity contribution < 1.29 is 4.74 Å². The van der Waals surface area contributed by atoms with Crippen LogP contribution in [0.1, 0.15) is 5.56 Å². The minimum Gasteiger partial charge on any atom is -0.481 e. The Morgan fingerprint density at radius 3 is 2.82 bits per heavy atom. The van der Waals surface area contributed by atoms with Crippen molar-refractivity contribution in [3.63, 3.8) is 0 Å². The third kappa shape index (κ3) is 1.59. The summed E-state index contributed by atoms with van der Waals surface area (Å²) in [6.07, 6.45) is 1.62. The van der Waals surface area contributed by atoms with Crippen LogP contribution in [0.2, 0.25) is 0 Å². The SMILES string of the molecule is COc1cc(N)c(CN)cn1. The third-order valence-corrected chi connectivity index (χ3v) is 1.43. The first-order valence-electron chi connectivity index (χ1n) is 3.26. The molecule has 0 radical (unpaired) electrons. The number of hydrogen-bond acceptors (Lipinski definition) is 4. The summed E-state index contributed by atoms with van der Waals surface area (Å²) < 4.78 is 4.86. The van der Waals surface area contributed by atoms with Crippen molar-refractivity contribution in [1.29, 1.82) is 0 Å². The maximum Gasteiger partial charge on any atom is 0.214 e. The van der Waals surface area contributed by atoms with Crippen LogP contribution in [0.3, 0.4) is 0 Å². The van der Waals surface area contributed by atoms with E-state index in [4.69, 9.17) is 16.2 Å². The zero-order valence-electron chi connectivity index (χ0n) is 6.37. The minimum absolute atomic E-state index is 0.406. The summed E-state index contributed by atoms with van der Waals surface area (Å²) in [5.41, 5.74) is 12.5. The van der Waals surface area contributed by atoms with Gasteiger partial charge in [-0.2, -0.15) is 0 Å². The van der Waals surface area contributed by atoms with Gasteiger partial charge < -0.3 is 16.2 Å². The molecule has 0 unspecified atom stereocenters. The molecule has 0 amide bonds. The second-order valence-corrected chi connectivity index (χ2v) is 2.13. The summed E-state index contributed by atoms with van der Waals surface area (Å²) in [4.78, 5) is 3.95. The number of hydrogen-bond donors (Lipinski definition) is 2. The van der Waals surface area contributed by atoms with Crippen LogP contribution in [0.5, 0.6) is 5.88 Å². The number of nitrogens with zero attached hydrogens (tertiary/aromatic N) is 1. The van der Waals surface area contributed by atoms with Gasteiger partial charge in [0.25, 0.3) is 0 Å². The third-order valence-electron chi connectivity index (χ3n) is 1.43. The highest BCUT2D eigenvalue weighted by Crippen LogP contribution is 2.15. The summed E-state index contributed by atoms with van der Waals surface area (Å²) >= 11 is 0. The Hall–Kier alpha value is -1.29. The Morgan fingerprint density at radius 1 is 1.64 bits per heavy atom. The van der Waals surface area contributed by atoms with Gasteiger partial charge in [-0.25, -0.2) is 4.98 Å². The van der Waals surface area contributed by atoms with Crippen molar-refractivity contribution >= 4 is 5.69 Å². The number of ether oxygens (including phenoxy) is 1. The molecule has 4 N–H and O–H groups in total. The van der Waals surface area contributed by atoms with Crippen molar-refractivity contribution in [3.8, 4) is 5.88 Å². The zero-order chi connectivity index (χ0) is 8.27. The lowest BCUT2D eigenvalue weighted by atomic mass is 10.2. The Balaban J connectivity index is 2.99. The smallest absolute Gasteiger partial charge is 0.214 e. The first-order valence-corrected chi connectivity index (χ1v) is 3.26. The second kappa shape index (κ2) is 3.21. The predicted molar refractivity (Wildman–Crippen MR) is 43.1 cm³/mol. The molecule has 0 fully saturated rings. The van der Waals surface area contributed by atoms with E-state index in [-0.39, 0.29) is 0 Å². The molecule has 60 valence electrons. The molecule has 1 aromatic rings. The van der Waals surface area contributed by atoms with Crippen LogP contribution >= 0.6 is 0 Å². The van der Waals surface area contributed by atoms with E-state index in [1.807, 2.05) is 0 Å². The molecule has 0 saturated heterocycles. The molecule has 4 heteroatoms. The van der Waals surface area contributed by atoms with E-state index in [1.54, 1.807) is 19.4 Å². The molecular formula is C7H11N3O. The number of methoxy groups -OCH3 is 1. The van der Waals surface area contributed by atoms with E-state index >= 15 is 0 Å². The van der Waals surface area contributed by atoms with Crippen LogP contribution in [0.15, 0.2) is 12.3 Å². The fourth-order valence-electron chi connectivity index (χ4n) is 0.761. The number of nitrogen functional groups attached to an aromatic ring is 1. The quantitative estimate of drug-likeness (QED) is 0.633. The van der Waals surface area contributed by atoms with Gasteiger partial charge >= 0.3 is 0 Å². The first-order chi connectivity index (χ1) is 5.27. The van der Waals surface area contributed by atoms with Gasteiger partial charge in [0.2, 0.25) is 5.88 Å². The highest BCUT2D eigenvalue weighted by Gasteiger charge is 1.98. The van der Waals surface area contributed by atoms with Crippen LogP contribution in [-0.2, 0) is 6.54 Å². The Labute approximate surface area is 65.2 Å². The number of rotatable bonds is 2. The van der Waals surface area contributed by atoms with Crippen LogP contribution in [0, 0.1) is 0 Å². The van der Waals surface area contributed by atoms with E-state index in [2.05, 4.69) is 4.98 Å². The largest absolute Gasteiger partial charge is 0.481 e. The average molecular weight is 153 g/mol. The monoisotopic (exact) mass is 153 g/mol. The van der Waals surface area contributed by atoms with Gasteiger partial charge in [0, 0.05) is 30.1 Å². The van der Waals surface area contributed by atoms with Crippen molar-refractivity contribution in [2.45, 2.75) is 6.54 Å². The summed E-state index contributed by atoms with van der Waals surface area (Å²) in [6.45, 7) is 0.406. The number of anilines is 1. The highest BCUT2D eigenvalue weighted by atomic mass is 16.5. The van der Waals surface area contributed by atoms with Gasteiger partial charge in [-0.15, -0.1) is 0 Å². The first kappa shape index (κ1) is 7.81. The predicted octanol–water partition coefficient (Wildman–Crippen LogP) is 0.131. The highest BCUT2D eigenvalue weighted by molar-refractivity contribution is 5.47. The average Bonchev–Trinajstić information content (AvgIpc) is 2.04. The maximum absolute atomic E-state index is 5.61. The minimum atomic E-state index is 0.406. The van der Waals surface area contributed by atoms with E-state index in [0.29, 0.717) is 18.1 Å². The lowest BCUT2D eigenvalue weighted by molar-refractivity contribution is 0.398. The molecule has 0 aliphatic rings. The summed E-state index contributed by atoms with van der Waals surface area (Å²) in [7, 11) is 1.55. The maximum atomic E-state index is 5.61. The summed E-state index contributed by atoms with van der Waals surface area (Å²) in [5, 5.41) is 0. The van der Waals surface area contributed by atoms with Gasteiger partial charge in [-0.3, -0.25) is 0 Å². The van der Waals surface area contributed by atoms with E-state index in [9.17, 15) is 0 Å². The van der Waals surface area contributed by atoms with Crippen molar-refractivity contribution in [3.05, 3.63) is 17.8 Å². The lowest BCUT2D eigenvalue weighted by Crippen LogP contribution is -2.02. The molecule has 0 saturated carbocycles. The number of pyridine rings is 1. The van der Waals surface area contributed by atoms with Gasteiger partial charge in [0.05, 0.1) is 7.11 Å². The molecule has 0 aliphatic carbocycles. The van der Waals surface area contributed by atoms with Crippen molar-refractivity contribution in [2.24, 2.45) is 5.73 Å².